The first-order valence-corrected chi connectivity index (χ1v) is 3.01. The van der Waals surface area contributed by atoms with Crippen molar-refractivity contribution in [1.29, 1.82) is 5.26 Å². The van der Waals surface area contributed by atoms with E-state index >= 15 is 0 Å². The second-order valence-corrected chi connectivity index (χ2v) is 1.94. The maximum atomic E-state index is 9.77. The Bertz CT molecular complexity index is 286. The summed E-state index contributed by atoms with van der Waals surface area (Å²) in [6, 6.07) is 5.14. The van der Waals surface area contributed by atoms with E-state index in [1.165, 1.54) is 6.20 Å². The number of pyridine rings is 1. The molecule has 54 valence electrons. The number of hydrogen-bond donors (Lipinski definition) is 0. The van der Waals surface area contributed by atoms with Gasteiger partial charge in [0.15, 0.2) is 0 Å². The molecule has 0 radical (unpaired) electrons. The molecule has 0 aromatic carbocycles. The van der Waals surface area contributed by atoms with E-state index in [0.717, 1.165) is 0 Å². The van der Waals surface area contributed by atoms with Gasteiger partial charge in [0.25, 0.3) is 0 Å². The van der Waals surface area contributed by atoms with Crippen molar-refractivity contribution in [2.45, 2.75) is 6.54 Å². The van der Waals surface area contributed by atoms with Gasteiger partial charge in [-0.3, -0.25) is 4.98 Å². The number of hydrogen-bond acceptors (Lipinski definition) is 4. The van der Waals surface area contributed by atoms with Crippen LogP contribution in [0.15, 0.2) is 23.5 Å². The fourth-order valence-electron chi connectivity index (χ4n) is 0.650. The molecule has 0 aliphatic heterocycles. The van der Waals surface area contributed by atoms with E-state index < -0.39 is 0 Å². The minimum Gasteiger partial charge on any atom is -0.258 e. The van der Waals surface area contributed by atoms with Crippen molar-refractivity contribution in [2.24, 2.45) is 5.18 Å². The fraction of sp³-hybridized carbons (Fsp3) is 0.143. The minimum atomic E-state index is 0.0612. The molecule has 0 spiro atoms. The molecule has 1 aromatic rings. The van der Waals surface area contributed by atoms with Crippen LogP contribution in [-0.2, 0) is 6.54 Å². The Morgan fingerprint density at radius 2 is 2.45 bits per heavy atom. The SMILES string of the molecule is N#Cc1ccc(CN=O)nc1. The summed E-state index contributed by atoms with van der Waals surface area (Å²) in [6.45, 7) is 0.0612. The lowest BCUT2D eigenvalue weighted by molar-refractivity contribution is 0.979. The monoisotopic (exact) mass is 147 g/mol. The van der Waals surface area contributed by atoms with Crippen LogP contribution in [0.5, 0.6) is 0 Å². The summed E-state index contributed by atoms with van der Waals surface area (Å²) < 4.78 is 0. The Balaban J connectivity index is 2.84. The van der Waals surface area contributed by atoms with Gasteiger partial charge in [-0.2, -0.15) is 10.2 Å². The zero-order valence-corrected chi connectivity index (χ0v) is 5.69. The summed E-state index contributed by atoms with van der Waals surface area (Å²) in [4.78, 5) is 13.6. The van der Waals surface area contributed by atoms with Gasteiger partial charge in [0.1, 0.15) is 12.6 Å². The molecule has 0 fully saturated rings. The number of nitriles is 1. The molecular weight excluding hydrogens is 142 g/mol. The Labute approximate surface area is 63.5 Å². The maximum absolute atomic E-state index is 9.77. The van der Waals surface area contributed by atoms with Crippen LogP contribution in [-0.4, -0.2) is 4.98 Å². The molecule has 0 amide bonds. The van der Waals surface area contributed by atoms with Crippen LogP contribution >= 0.6 is 0 Å². The van der Waals surface area contributed by atoms with Gasteiger partial charge in [0.05, 0.1) is 11.3 Å². The van der Waals surface area contributed by atoms with Crippen molar-refractivity contribution < 1.29 is 0 Å². The number of nitroso groups, excluding NO2 is 1. The standard InChI is InChI=1S/C7H5N3O/c8-3-6-1-2-7(5-10-11)9-4-6/h1-2,4H,5H2. The summed E-state index contributed by atoms with van der Waals surface area (Å²) in [5, 5.41) is 11.0. The van der Waals surface area contributed by atoms with Crippen LogP contribution < -0.4 is 0 Å². The molecule has 0 aliphatic carbocycles. The Morgan fingerprint density at radius 1 is 1.64 bits per heavy atom. The van der Waals surface area contributed by atoms with E-state index in [4.69, 9.17) is 5.26 Å². The molecule has 0 atom stereocenters. The molecule has 11 heavy (non-hydrogen) atoms. The average molecular weight is 147 g/mol. The van der Waals surface area contributed by atoms with Crippen LogP contribution in [0.3, 0.4) is 0 Å². The molecule has 1 heterocycles. The van der Waals surface area contributed by atoms with E-state index in [-0.39, 0.29) is 6.54 Å². The number of rotatable bonds is 2. The van der Waals surface area contributed by atoms with Crippen LogP contribution in [0.1, 0.15) is 11.3 Å². The average Bonchev–Trinajstić information content (AvgIpc) is 2.07. The van der Waals surface area contributed by atoms with Gasteiger partial charge < -0.3 is 0 Å². The van der Waals surface area contributed by atoms with Gasteiger partial charge in [-0.05, 0) is 12.1 Å². The lowest BCUT2D eigenvalue weighted by atomic mass is 10.3. The van der Waals surface area contributed by atoms with Crippen molar-refractivity contribution in [3.8, 4) is 6.07 Å². The summed E-state index contributed by atoms with van der Waals surface area (Å²) in [5.41, 5.74) is 1.07. The second-order valence-electron chi connectivity index (χ2n) is 1.94. The van der Waals surface area contributed by atoms with Gasteiger partial charge in [0.2, 0.25) is 0 Å². The first-order valence-electron chi connectivity index (χ1n) is 3.01. The third-order valence-corrected chi connectivity index (χ3v) is 1.18. The van der Waals surface area contributed by atoms with Crippen LogP contribution in [0.25, 0.3) is 0 Å². The molecular formula is C7H5N3O. The van der Waals surface area contributed by atoms with E-state index in [1.54, 1.807) is 12.1 Å². The highest BCUT2D eigenvalue weighted by Gasteiger charge is 1.93. The molecule has 0 saturated heterocycles. The lowest BCUT2D eigenvalue weighted by Crippen LogP contribution is -1.86. The van der Waals surface area contributed by atoms with Crippen molar-refractivity contribution in [1.82, 2.24) is 4.98 Å². The Morgan fingerprint density at radius 3 is 2.91 bits per heavy atom. The third-order valence-electron chi connectivity index (χ3n) is 1.18. The highest BCUT2D eigenvalue weighted by atomic mass is 16.3. The van der Waals surface area contributed by atoms with E-state index in [1.807, 2.05) is 6.07 Å². The highest BCUT2D eigenvalue weighted by Crippen LogP contribution is 1.99. The predicted octanol–water partition coefficient (Wildman–Crippen LogP) is 1.22. The molecule has 0 bridgehead atoms. The van der Waals surface area contributed by atoms with Crippen LogP contribution in [0.4, 0.5) is 0 Å². The summed E-state index contributed by atoms with van der Waals surface area (Å²) in [6.07, 6.45) is 1.42. The fourth-order valence-corrected chi connectivity index (χ4v) is 0.650. The minimum absolute atomic E-state index is 0.0612. The van der Waals surface area contributed by atoms with E-state index in [9.17, 15) is 4.91 Å². The zero-order valence-electron chi connectivity index (χ0n) is 5.69. The van der Waals surface area contributed by atoms with Crippen LogP contribution in [0, 0.1) is 16.2 Å². The Hall–Kier alpha value is -1.76. The largest absolute Gasteiger partial charge is 0.258 e. The molecule has 1 rings (SSSR count). The molecule has 0 unspecified atom stereocenters. The van der Waals surface area contributed by atoms with Crippen molar-refractivity contribution in [2.75, 3.05) is 0 Å². The quantitative estimate of drug-likeness (QED) is 0.590. The van der Waals surface area contributed by atoms with Crippen molar-refractivity contribution in [3.63, 3.8) is 0 Å². The topological polar surface area (TPSA) is 66.1 Å². The molecule has 1 aromatic heterocycles. The van der Waals surface area contributed by atoms with Crippen molar-refractivity contribution >= 4 is 0 Å². The first-order chi connectivity index (χ1) is 5.36. The third kappa shape index (κ3) is 1.83. The highest BCUT2D eigenvalue weighted by molar-refractivity contribution is 5.26. The van der Waals surface area contributed by atoms with Gasteiger partial charge in [-0.25, -0.2) is 0 Å². The van der Waals surface area contributed by atoms with Gasteiger partial charge in [0, 0.05) is 6.20 Å². The normalized spacial score (nSPS) is 8.64. The second kappa shape index (κ2) is 3.42. The summed E-state index contributed by atoms with van der Waals surface area (Å²) >= 11 is 0. The zero-order chi connectivity index (χ0) is 8.10. The smallest absolute Gasteiger partial charge is 0.123 e. The van der Waals surface area contributed by atoms with Crippen LogP contribution in [0.2, 0.25) is 0 Å². The first kappa shape index (κ1) is 7.35. The van der Waals surface area contributed by atoms with Gasteiger partial charge in [-0.15, -0.1) is 0 Å². The van der Waals surface area contributed by atoms with E-state index in [2.05, 4.69) is 10.2 Å². The molecule has 0 aliphatic rings. The summed E-state index contributed by atoms with van der Waals surface area (Å²) in [5.74, 6) is 0. The lowest BCUT2D eigenvalue weighted by Gasteiger charge is -1.90. The molecule has 0 N–H and O–H groups in total. The molecule has 4 heteroatoms. The van der Waals surface area contributed by atoms with Gasteiger partial charge in [-0.1, -0.05) is 5.18 Å². The summed E-state index contributed by atoms with van der Waals surface area (Å²) in [7, 11) is 0. The van der Waals surface area contributed by atoms with Gasteiger partial charge >= 0.3 is 0 Å². The Kier molecular flexibility index (Phi) is 2.28. The molecule has 4 nitrogen and oxygen atoms in total. The maximum Gasteiger partial charge on any atom is 0.123 e. The predicted molar refractivity (Wildman–Crippen MR) is 38.5 cm³/mol. The van der Waals surface area contributed by atoms with E-state index in [0.29, 0.717) is 11.3 Å². The van der Waals surface area contributed by atoms with Crippen molar-refractivity contribution in [3.05, 3.63) is 34.5 Å². The number of aromatic nitrogens is 1. The molecule has 0 saturated carbocycles. The number of nitrogens with zero attached hydrogens (tertiary/aromatic N) is 3.